The summed E-state index contributed by atoms with van der Waals surface area (Å²) in [7, 11) is -3.34. The second-order valence-corrected chi connectivity index (χ2v) is 11.0. The van der Waals surface area contributed by atoms with E-state index in [0.29, 0.717) is 39.0 Å². The van der Waals surface area contributed by atoms with Crippen LogP contribution in [0, 0.1) is 5.82 Å². The van der Waals surface area contributed by atoms with Gasteiger partial charge in [-0.2, -0.15) is 0 Å². The Labute approximate surface area is 184 Å². The minimum atomic E-state index is -3.34. The van der Waals surface area contributed by atoms with E-state index in [0.717, 1.165) is 5.69 Å². The Bertz CT molecular complexity index is 877. The van der Waals surface area contributed by atoms with Gasteiger partial charge in [-0.15, -0.1) is 0 Å². The SMILES string of the molecule is CC(C)S(=O)(=O)NC1CCN(C(=O)Nc2ccc(N3C[C@@H](C)O[C@@H](C)C3)cc2F)CC1. The quantitative estimate of drug-likeness (QED) is 0.711. The molecule has 2 saturated heterocycles. The molecule has 0 bridgehead atoms. The summed E-state index contributed by atoms with van der Waals surface area (Å²) in [6.07, 6.45) is 1.18. The lowest BCUT2D eigenvalue weighted by atomic mass is 10.1. The van der Waals surface area contributed by atoms with Crippen molar-refractivity contribution in [3.8, 4) is 0 Å². The number of hydrogen-bond donors (Lipinski definition) is 2. The summed E-state index contributed by atoms with van der Waals surface area (Å²) in [5.41, 5.74) is 0.890. The van der Waals surface area contributed by atoms with Crippen LogP contribution in [0.15, 0.2) is 18.2 Å². The van der Waals surface area contributed by atoms with Crippen LogP contribution in [0.3, 0.4) is 0 Å². The van der Waals surface area contributed by atoms with Crippen molar-refractivity contribution in [2.45, 2.75) is 64.0 Å². The molecule has 1 aromatic carbocycles. The Balaban J connectivity index is 1.55. The number of sulfonamides is 1. The van der Waals surface area contributed by atoms with Gasteiger partial charge in [0.1, 0.15) is 5.82 Å². The number of amides is 2. The zero-order valence-corrected chi connectivity index (χ0v) is 19.4. The number of urea groups is 1. The van der Waals surface area contributed by atoms with Gasteiger partial charge in [-0.3, -0.25) is 0 Å². The topological polar surface area (TPSA) is 91.0 Å². The van der Waals surface area contributed by atoms with E-state index in [-0.39, 0.29) is 30.0 Å². The predicted octanol–water partition coefficient (Wildman–Crippen LogP) is 2.76. The van der Waals surface area contributed by atoms with Crippen LogP contribution in [0.2, 0.25) is 0 Å². The molecule has 2 aliphatic heterocycles. The van der Waals surface area contributed by atoms with E-state index in [1.165, 1.54) is 6.07 Å². The van der Waals surface area contributed by atoms with Gasteiger partial charge in [0.25, 0.3) is 0 Å². The van der Waals surface area contributed by atoms with Crippen LogP contribution in [0.1, 0.15) is 40.5 Å². The highest BCUT2D eigenvalue weighted by Gasteiger charge is 2.28. The minimum Gasteiger partial charge on any atom is -0.372 e. The molecule has 2 atom stereocenters. The smallest absolute Gasteiger partial charge is 0.321 e. The summed E-state index contributed by atoms with van der Waals surface area (Å²) >= 11 is 0. The van der Waals surface area contributed by atoms with Crippen molar-refractivity contribution in [2.75, 3.05) is 36.4 Å². The van der Waals surface area contributed by atoms with E-state index in [2.05, 4.69) is 14.9 Å². The standard InChI is InChI=1S/C21H33FN4O4S/c1-14(2)31(28,29)24-17-7-9-25(10-8-17)21(27)23-20-6-5-18(11-19(20)22)26-12-15(3)30-16(4)13-26/h5-6,11,14-17,24H,7-10,12-13H2,1-4H3,(H,23,27)/t15-,16+. The van der Waals surface area contributed by atoms with E-state index in [4.69, 9.17) is 4.74 Å². The van der Waals surface area contributed by atoms with Gasteiger partial charge in [-0.05, 0) is 58.7 Å². The highest BCUT2D eigenvalue weighted by molar-refractivity contribution is 7.90. The third-order valence-electron chi connectivity index (χ3n) is 5.71. The van der Waals surface area contributed by atoms with Gasteiger partial charge in [-0.25, -0.2) is 22.3 Å². The number of halogens is 1. The number of likely N-dealkylation sites (tertiary alicyclic amines) is 1. The third kappa shape index (κ3) is 6.08. The van der Waals surface area contributed by atoms with E-state index in [1.54, 1.807) is 30.9 Å². The van der Waals surface area contributed by atoms with E-state index >= 15 is 0 Å². The number of nitrogens with zero attached hydrogens (tertiary/aromatic N) is 2. The first-order valence-electron chi connectivity index (χ1n) is 10.8. The van der Waals surface area contributed by atoms with Gasteiger partial charge < -0.3 is 19.9 Å². The van der Waals surface area contributed by atoms with Gasteiger partial charge in [-0.1, -0.05) is 0 Å². The Morgan fingerprint density at radius 3 is 2.32 bits per heavy atom. The lowest BCUT2D eigenvalue weighted by molar-refractivity contribution is -0.00523. The summed E-state index contributed by atoms with van der Waals surface area (Å²) in [5.74, 6) is -0.489. The monoisotopic (exact) mass is 456 g/mol. The molecule has 0 saturated carbocycles. The maximum Gasteiger partial charge on any atom is 0.321 e. The molecule has 8 nitrogen and oxygen atoms in total. The number of rotatable bonds is 5. The average molecular weight is 457 g/mol. The Kier molecular flexibility index (Phi) is 7.43. The number of hydrogen-bond acceptors (Lipinski definition) is 5. The fourth-order valence-corrected chi connectivity index (χ4v) is 4.93. The first kappa shape index (κ1) is 23.7. The number of anilines is 2. The molecule has 2 amide bonds. The van der Waals surface area contributed by atoms with Gasteiger partial charge in [0.15, 0.2) is 0 Å². The Hall–Kier alpha value is -1.91. The molecular formula is C21H33FN4O4S. The largest absolute Gasteiger partial charge is 0.372 e. The molecule has 0 aromatic heterocycles. The summed E-state index contributed by atoms with van der Waals surface area (Å²) in [5, 5.41) is 2.14. The molecule has 2 N–H and O–H groups in total. The molecule has 31 heavy (non-hydrogen) atoms. The highest BCUT2D eigenvalue weighted by Crippen LogP contribution is 2.25. The molecule has 174 valence electrons. The third-order valence-corrected chi connectivity index (χ3v) is 7.62. The number of morpholine rings is 1. The van der Waals surface area contributed by atoms with Crippen molar-refractivity contribution in [2.24, 2.45) is 0 Å². The summed E-state index contributed by atoms with van der Waals surface area (Å²) in [6.45, 7) is 9.42. The Morgan fingerprint density at radius 1 is 1.16 bits per heavy atom. The van der Waals surface area contributed by atoms with Crippen LogP contribution in [0.25, 0.3) is 0 Å². The Morgan fingerprint density at radius 2 is 1.77 bits per heavy atom. The fourth-order valence-electron chi connectivity index (χ4n) is 3.95. The first-order chi connectivity index (χ1) is 14.5. The number of piperidine rings is 1. The van der Waals surface area contributed by atoms with E-state index in [1.807, 2.05) is 13.8 Å². The molecular weight excluding hydrogens is 423 g/mol. The number of benzene rings is 1. The molecule has 0 spiro atoms. The van der Waals surface area contributed by atoms with Crippen LogP contribution in [-0.4, -0.2) is 69.0 Å². The summed E-state index contributed by atoms with van der Waals surface area (Å²) < 4.78 is 47.1. The van der Waals surface area contributed by atoms with Gasteiger partial charge in [0.2, 0.25) is 10.0 Å². The van der Waals surface area contributed by atoms with Crippen molar-refractivity contribution < 1.29 is 22.3 Å². The fraction of sp³-hybridized carbons (Fsp3) is 0.667. The van der Waals surface area contributed by atoms with Crippen molar-refractivity contribution in [3.63, 3.8) is 0 Å². The second-order valence-electron chi connectivity index (χ2n) is 8.73. The van der Waals surface area contributed by atoms with E-state index in [9.17, 15) is 17.6 Å². The molecule has 0 unspecified atom stereocenters. The second kappa shape index (κ2) is 9.70. The number of ether oxygens (including phenoxy) is 1. The van der Waals surface area contributed by atoms with Crippen LogP contribution >= 0.6 is 0 Å². The maximum atomic E-state index is 14.7. The molecule has 2 fully saturated rings. The number of carbonyl (C=O) groups is 1. The highest BCUT2D eigenvalue weighted by atomic mass is 32.2. The summed E-state index contributed by atoms with van der Waals surface area (Å²) in [4.78, 5) is 16.2. The van der Waals surface area contributed by atoms with Crippen LogP contribution < -0.4 is 14.9 Å². The van der Waals surface area contributed by atoms with Crippen LogP contribution in [-0.2, 0) is 14.8 Å². The molecule has 0 radical (unpaired) electrons. The molecule has 0 aliphatic carbocycles. The molecule has 1 aromatic rings. The predicted molar refractivity (Wildman–Crippen MR) is 119 cm³/mol. The minimum absolute atomic E-state index is 0.0686. The van der Waals surface area contributed by atoms with Crippen molar-refractivity contribution in [1.82, 2.24) is 9.62 Å². The van der Waals surface area contributed by atoms with Crippen molar-refractivity contribution in [3.05, 3.63) is 24.0 Å². The lowest BCUT2D eigenvalue weighted by Crippen LogP contribution is -2.48. The first-order valence-corrected chi connectivity index (χ1v) is 12.4. The van der Waals surface area contributed by atoms with Gasteiger partial charge in [0, 0.05) is 37.9 Å². The van der Waals surface area contributed by atoms with Gasteiger partial charge in [0.05, 0.1) is 23.1 Å². The van der Waals surface area contributed by atoms with Crippen LogP contribution in [0.4, 0.5) is 20.6 Å². The molecule has 10 heteroatoms. The number of carbonyl (C=O) groups excluding carboxylic acids is 1. The van der Waals surface area contributed by atoms with Crippen LogP contribution in [0.5, 0.6) is 0 Å². The normalized spacial score (nSPS) is 23.3. The van der Waals surface area contributed by atoms with Crippen molar-refractivity contribution in [1.29, 1.82) is 0 Å². The van der Waals surface area contributed by atoms with Gasteiger partial charge >= 0.3 is 6.03 Å². The average Bonchev–Trinajstić information content (AvgIpc) is 2.69. The molecule has 2 heterocycles. The molecule has 2 aliphatic rings. The lowest BCUT2D eigenvalue weighted by Gasteiger charge is -2.37. The maximum absolute atomic E-state index is 14.7. The molecule has 3 rings (SSSR count). The van der Waals surface area contributed by atoms with E-state index < -0.39 is 21.1 Å². The number of nitrogens with one attached hydrogen (secondary N) is 2. The van der Waals surface area contributed by atoms with Crippen molar-refractivity contribution >= 4 is 27.4 Å². The summed E-state index contributed by atoms with van der Waals surface area (Å²) in [6, 6.07) is 4.25. The zero-order valence-electron chi connectivity index (χ0n) is 18.6. The zero-order chi connectivity index (χ0) is 22.8.